The average molecular weight is 393 g/mol. The van der Waals surface area contributed by atoms with Crippen LogP contribution >= 0.6 is 0 Å². The third-order valence-corrected chi connectivity index (χ3v) is 5.36. The van der Waals surface area contributed by atoms with E-state index in [0.717, 1.165) is 30.7 Å². The van der Waals surface area contributed by atoms with Gasteiger partial charge in [-0.05, 0) is 70.6 Å². The number of carbonyl (C=O) groups excluding carboxylic acids is 2. The van der Waals surface area contributed by atoms with Crippen molar-refractivity contribution in [2.24, 2.45) is 0 Å². The van der Waals surface area contributed by atoms with Crippen LogP contribution in [-0.4, -0.2) is 38.6 Å². The number of benzene rings is 1. The molecule has 4 rings (SSSR count). The van der Waals surface area contributed by atoms with Crippen LogP contribution in [-0.2, 0) is 22.4 Å². The average Bonchev–Trinajstić information content (AvgIpc) is 3.05. The molecular weight excluding hydrogens is 366 g/mol. The number of piperidine rings is 1. The molecule has 1 saturated heterocycles. The van der Waals surface area contributed by atoms with Gasteiger partial charge in [0.15, 0.2) is 0 Å². The highest BCUT2D eigenvalue weighted by molar-refractivity contribution is 6.05. The summed E-state index contributed by atoms with van der Waals surface area (Å²) in [5.74, 6) is -0.278. The zero-order valence-corrected chi connectivity index (χ0v) is 17.5. The first kappa shape index (κ1) is 19.4. The van der Waals surface area contributed by atoms with E-state index < -0.39 is 11.7 Å². The Labute approximate surface area is 171 Å². The van der Waals surface area contributed by atoms with Gasteiger partial charge in [0.2, 0.25) is 0 Å². The van der Waals surface area contributed by atoms with Crippen molar-refractivity contribution in [3.05, 3.63) is 52.6 Å². The molecule has 1 fully saturated rings. The van der Waals surface area contributed by atoms with Gasteiger partial charge in [-0.25, -0.2) is 14.7 Å². The fraction of sp³-hybridized carbons (Fsp3) is 0.435. The molecular formula is C23H27N3O3. The number of aryl methyl sites for hydroxylation is 2. The second-order valence-electron chi connectivity index (χ2n) is 8.74. The van der Waals surface area contributed by atoms with E-state index in [9.17, 15) is 9.59 Å². The third-order valence-electron chi connectivity index (χ3n) is 5.36. The number of imide groups is 1. The van der Waals surface area contributed by atoms with Crippen molar-refractivity contribution in [3.8, 4) is 5.69 Å². The maximum Gasteiger partial charge on any atom is 0.417 e. The highest BCUT2D eigenvalue weighted by atomic mass is 16.6. The van der Waals surface area contributed by atoms with Crippen LogP contribution in [0.15, 0.2) is 30.1 Å². The summed E-state index contributed by atoms with van der Waals surface area (Å²) in [6.45, 7) is 7.89. The molecule has 6 heteroatoms. The van der Waals surface area contributed by atoms with Gasteiger partial charge in [-0.1, -0.05) is 18.2 Å². The number of carbonyl (C=O) groups is 2. The monoisotopic (exact) mass is 393 g/mol. The van der Waals surface area contributed by atoms with Crippen LogP contribution in [0.5, 0.6) is 0 Å². The van der Waals surface area contributed by atoms with Crippen LogP contribution in [0.2, 0.25) is 0 Å². The molecule has 6 nitrogen and oxygen atoms in total. The van der Waals surface area contributed by atoms with Gasteiger partial charge in [0, 0.05) is 12.1 Å². The molecule has 3 heterocycles. The van der Waals surface area contributed by atoms with Gasteiger partial charge in [-0.15, -0.1) is 0 Å². The number of nitrogens with zero attached hydrogens (tertiary/aromatic N) is 3. The van der Waals surface area contributed by atoms with Crippen molar-refractivity contribution in [1.29, 1.82) is 0 Å². The molecule has 2 amide bonds. The van der Waals surface area contributed by atoms with E-state index in [-0.39, 0.29) is 5.91 Å². The molecule has 0 atom stereocenters. The molecule has 0 bridgehead atoms. The van der Waals surface area contributed by atoms with Crippen LogP contribution in [0.3, 0.4) is 0 Å². The Bertz CT molecular complexity index is 1010. The number of fused-ring (bicyclic) bond motifs is 3. The summed E-state index contributed by atoms with van der Waals surface area (Å²) in [5.41, 5.74) is 5.63. The molecule has 0 N–H and O–H groups in total. The zero-order valence-electron chi connectivity index (χ0n) is 17.5. The third kappa shape index (κ3) is 3.71. The maximum absolute atomic E-state index is 12.9. The fourth-order valence-electron chi connectivity index (χ4n) is 4.07. The normalized spacial score (nSPS) is 17.9. The molecule has 2 aliphatic heterocycles. The van der Waals surface area contributed by atoms with Crippen LogP contribution in [0.4, 0.5) is 4.79 Å². The summed E-state index contributed by atoms with van der Waals surface area (Å²) in [7, 11) is 0. The van der Waals surface area contributed by atoms with Crippen molar-refractivity contribution in [1.82, 2.24) is 14.5 Å². The van der Waals surface area contributed by atoms with Crippen LogP contribution in [0.1, 0.15) is 56.1 Å². The molecule has 0 unspecified atom stereocenters. The highest BCUT2D eigenvalue weighted by Crippen LogP contribution is 2.31. The van der Waals surface area contributed by atoms with Crippen LogP contribution in [0, 0.1) is 6.92 Å². The summed E-state index contributed by atoms with van der Waals surface area (Å²) >= 11 is 0. The van der Waals surface area contributed by atoms with E-state index >= 15 is 0 Å². The van der Waals surface area contributed by atoms with Crippen molar-refractivity contribution >= 4 is 18.1 Å². The number of hydrogen-bond donors (Lipinski definition) is 0. The second kappa shape index (κ2) is 7.17. The lowest BCUT2D eigenvalue weighted by Crippen LogP contribution is -2.44. The Hall–Kier alpha value is -2.89. The predicted octanol–water partition coefficient (Wildman–Crippen LogP) is 4.22. The van der Waals surface area contributed by atoms with E-state index in [0.29, 0.717) is 18.5 Å². The highest BCUT2D eigenvalue weighted by Gasteiger charge is 2.32. The predicted molar refractivity (Wildman–Crippen MR) is 111 cm³/mol. The van der Waals surface area contributed by atoms with E-state index in [1.54, 1.807) is 20.8 Å². The van der Waals surface area contributed by atoms with Crippen molar-refractivity contribution in [2.45, 2.75) is 59.0 Å². The van der Waals surface area contributed by atoms with E-state index in [1.165, 1.54) is 21.7 Å². The summed E-state index contributed by atoms with van der Waals surface area (Å²) in [6, 6.07) is 6.35. The SMILES string of the molecule is Cc1cccc2c1-n1cnc(C=C3CCCN(C(=O)OC(C)(C)C)C3=O)c1CC2. The summed E-state index contributed by atoms with van der Waals surface area (Å²) in [5, 5.41) is 0. The van der Waals surface area contributed by atoms with Gasteiger partial charge in [-0.2, -0.15) is 0 Å². The lowest BCUT2D eigenvalue weighted by atomic mass is 9.96. The van der Waals surface area contributed by atoms with Crippen molar-refractivity contribution in [2.75, 3.05) is 6.54 Å². The number of imidazole rings is 1. The van der Waals surface area contributed by atoms with Gasteiger partial charge in [0.05, 0.1) is 17.1 Å². The molecule has 29 heavy (non-hydrogen) atoms. The Balaban J connectivity index is 1.63. The van der Waals surface area contributed by atoms with Gasteiger partial charge < -0.3 is 9.30 Å². The first-order valence-corrected chi connectivity index (χ1v) is 10.1. The topological polar surface area (TPSA) is 64.4 Å². The van der Waals surface area contributed by atoms with Gasteiger partial charge in [0.25, 0.3) is 5.91 Å². The fourth-order valence-corrected chi connectivity index (χ4v) is 4.07. The number of likely N-dealkylation sites (tertiary alicyclic amines) is 1. The number of para-hydroxylation sites is 1. The minimum absolute atomic E-state index is 0.278. The molecule has 2 aromatic rings. The second-order valence-corrected chi connectivity index (χ2v) is 8.74. The molecule has 152 valence electrons. The van der Waals surface area contributed by atoms with Gasteiger partial charge in [0.1, 0.15) is 11.9 Å². The molecule has 1 aromatic carbocycles. The smallest absolute Gasteiger partial charge is 0.417 e. The number of hydrogen-bond acceptors (Lipinski definition) is 4. The summed E-state index contributed by atoms with van der Waals surface area (Å²) < 4.78 is 7.53. The molecule has 0 saturated carbocycles. The zero-order chi connectivity index (χ0) is 20.8. The Morgan fingerprint density at radius 3 is 2.76 bits per heavy atom. The van der Waals surface area contributed by atoms with E-state index in [4.69, 9.17) is 4.74 Å². The molecule has 0 spiro atoms. The Kier molecular flexibility index (Phi) is 4.81. The summed E-state index contributed by atoms with van der Waals surface area (Å²) in [4.78, 5) is 31.1. The minimum Gasteiger partial charge on any atom is -0.443 e. The lowest BCUT2D eigenvalue weighted by molar-refractivity contribution is -0.127. The molecule has 0 radical (unpaired) electrons. The van der Waals surface area contributed by atoms with Gasteiger partial charge in [-0.3, -0.25) is 4.79 Å². The first-order valence-electron chi connectivity index (χ1n) is 10.1. The maximum atomic E-state index is 12.9. The van der Waals surface area contributed by atoms with Crippen LogP contribution in [0.25, 0.3) is 11.8 Å². The number of ether oxygens (including phenoxy) is 1. The largest absolute Gasteiger partial charge is 0.443 e. The van der Waals surface area contributed by atoms with Crippen molar-refractivity contribution in [3.63, 3.8) is 0 Å². The minimum atomic E-state index is -0.632. The Morgan fingerprint density at radius 1 is 1.21 bits per heavy atom. The van der Waals surface area contributed by atoms with Crippen LogP contribution < -0.4 is 0 Å². The lowest BCUT2D eigenvalue weighted by Gasteiger charge is -2.29. The standard InChI is InChI=1S/C23H27N3O3/c1-15-7-5-8-16-10-11-19-18(24-14-26(19)20(15)16)13-17-9-6-12-25(21(17)27)22(28)29-23(2,3)4/h5,7-8,13-14H,6,9-12H2,1-4H3. The molecule has 1 aromatic heterocycles. The Morgan fingerprint density at radius 2 is 2.00 bits per heavy atom. The van der Waals surface area contributed by atoms with Gasteiger partial charge >= 0.3 is 6.09 Å². The van der Waals surface area contributed by atoms with E-state index in [2.05, 4.69) is 34.7 Å². The molecule has 0 aliphatic carbocycles. The number of rotatable bonds is 1. The number of aromatic nitrogens is 2. The summed E-state index contributed by atoms with van der Waals surface area (Å²) in [6.07, 6.45) is 6.31. The van der Waals surface area contributed by atoms with E-state index in [1.807, 2.05) is 12.4 Å². The number of amides is 2. The quantitative estimate of drug-likeness (QED) is 0.681. The van der Waals surface area contributed by atoms with Crippen molar-refractivity contribution < 1.29 is 14.3 Å². The molecule has 2 aliphatic rings. The first-order chi connectivity index (χ1) is 13.7.